The van der Waals surface area contributed by atoms with E-state index in [4.69, 9.17) is 5.11 Å². The number of hydrazine groups is 1. The number of carbonyl (C=O) groups excluding carboxylic acids is 2. The van der Waals surface area contributed by atoms with Gasteiger partial charge in [0.05, 0.1) is 23.8 Å². The Labute approximate surface area is 186 Å². The molecule has 1 atom stereocenters. The third-order valence-electron chi connectivity index (χ3n) is 6.26. The Kier molecular flexibility index (Phi) is 5.75. The van der Waals surface area contributed by atoms with E-state index in [9.17, 15) is 14.9 Å². The van der Waals surface area contributed by atoms with Crippen LogP contribution in [0.1, 0.15) is 33.1 Å². The van der Waals surface area contributed by atoms with E-state index in [1.807, 2.05) is 25.1 Å². The fourth-order valence-electron chi connectivity index (χ4n) is 4.15. The molecule has 4 rings (SSSR count). The second-order valence-electron chi connectivity index (χ2n) is 9.03. The number of carbonyl (C=O) groups is 2. The predicted octanol–water partition coefficient (Wildman–Crippen LogP) is 0.0939. The molecule has 1 aromatic heterocycles. The zero-order valence-electron chi connectivity index (χ0n) is 18.3. The summed E-state index contributed by atoms with van der Waals surface area (Å²) in [5.74, 6) is 0.420. The van der Waals surface area contributed by atoms with Crippen LogP contribution in [0.4, 0.5) is 11.8 Å². The lowest BCUT2D eigenvalue weighted by Gasteiger charge is -2.35. The van der Waals surface area contributed by atoms with Gasteiger partial charge in [0.2, 0.25) is 17.8 Å². The van der Waals surface area contributed by atoms with Gasteiger partial charge in [0.15, 0.2) is 0 Å². The van der Waals surface area contributed by atoms with Crippen LogP contribution >= 0.6 is 0 Å². The molecule has 0 spiro atoms. The third-order valence-corrected chi connectivity index (χ3v) is 6.26. The van der Waals surface area contributed by atoms with Gasteiger partial charge in [0.1, 0.15) is 17.8 Å². The van der Waals surface area contributed by atoms with Gasteiger partial charge in [-0.15, -0.1) is 0 Å². The SMILES string of the molecule is CC(C)(CNC(=O)CO)N1C=C(Nc2nccc(N3CC[C@@](C#N)(C4CC4)C3=O)n2)CN1. The summed E-state index contributed by atoms with van der Waals surface area (Å²) in [5.41, 5.74) is 2.70. The maximum atomic E-state index is 13.0. The van der Waals surface area contributed by atoms with Gasteiger partial charge in [-0.1, -0.05) is 0 Å². The van der Waals surface area contributed by atoms with Crippen LogP contribution in [0.25, 0.3) is 0 Å². The standard InChI is InChI=1S/C21H28N8O3/c1-20(2,13-24-17(31)11-30)29-10-15(9-25-29)26-19-23-7-5-16(27-19)28-8-6-21(12-22,18(28)32)14-3-4-14/h5,7,10,14,25,30H,3-4,6,8-9,11,13H2,1-2H3,(H,24,31)(H,23,26,27)/t21-/m1/s1. The van der Waals surface area contributed by atoms with E-state index >= 15 is 0 Å². The molecule has 4 N–H and O–H groups in total. The van der Waals surface area contributed by atoms with Crippen LogP contribution in [0.3, 0.4) is 0 Å². The molecule has 1 saturated carbocycles. The lowest BCUT2D eigenvalue weighted by Crippen LogP contribution is -2.53. The molecule has 32 heavy (non-hydrogen) atoms. The van der Waals surface area contributed by atoms with Gasteiger partial charge in [-0.3, -0.25) is 14.5 Å². The Bertz CT molecular complexity index is 984. The molecular weight excluding hydrogens is 412 g/mol. The molecule has 170 valence electrons. The minimum Gasteiger partial charge on any atom is -0.387 e. The summed E-state index contributed by atoms with van der Waals surface area (Å²) >= 11 is 0. The number of nitrogens with zero attached hydrogens (tertiary/aromatic N) is 5. The summed E-state index contributed by atoms with van der Waals surface area (Å²) in [6.07, 6.45) is 5.86. The highest BCUT2D eigenvalue weighted by molar-refractivity contribution is 6.01. The van der Waals surface area contributed by atoms with Crippen molar-refractivity contribution in [2.24, 2.45) is 11.3 Å². The summed E-state index contributed by atoms with van der Waals surface area (Å²) < 4.78 is 0. The molecule has 3 heterocycles. The molecule has 11 nitrogen and oxygen atoms in total. The smallest absolute Gasteiger partial charge is 0.248 e. The molecule has 11 heteroatoms. The third kappa shape index (κ3) is 4.11. The number of amides is 2. The summed E-state index contributed by atoms with van der Waals surface area (Å²) in [6.45, 7) is 4.68. The summed E-state index contributed by atoms with van der Waals surface area (Å²) in [6, 6.07) is 3.97. The van der Waals surface area contributed by atoms with Gasteiger partial charge in [0.25, 0.3) is 0 Å². The molecule has 1 aromatic rings. The van der Waals surface area contributed by atoms with Gasteiger partial charge < -0.3 is 20.7 Å². The first kappa shape index (κ1) is 22.0. The number of rotatable bonds is 8. The Hall–Kier alpha value is -3.23. The average molecular weight is 441 g/mol. The summed E-state index contributed by atoms with van der Waals surface area (Å²) in [7, 11) is 0. The second-order valence-corrected chi connectivity index (χ2v) is 9.03. The number of aliphatic hydroxyl groups is 1. The van der Waals surface area contributed by atoms with Crippen molar-refractivity contribution in [2.45, 2.75) is 38.6 Å². The van der Waals surface area contributed by atoms with Crippen LogP contribution in [0.5, 0.6) is 0 Å². The van der Waals surface area contributed by atoms with E-state index in [0.29, 0.717) is 37.8 Å². The first-order valence-corrected chi connectivity index (χ1v) is 10.7. The van der Waals surface area contributed by atoms with E-state index in [0.717, 1.165) is 18.5 Å². The predicted molar refractivity (Wildman–Crippen MR) is 115 cm³/mol. The number of hydrogen-bond acceptors (Lipinski definition) is 9. The van der Waals surface area contributed by atoms with Gasteiger partial charge in [-0.25, -0.2) is 10.4 Å². The zero-order chi connectivity index (χ0) is 22.9. The maximum Gasteiger partial charge on any atom is 0.248 e. The molecule has 0 radical (unpaired) electrons. The fourth-order valence-corrected chi connectivity index (χ4v) is 4.15. The number of hydrogen-bond donors (Lipinski definition) is 4. The number of anilines is 2. The van der Waals surface area contributed by atoms with Crippen molar-refractivity contribution in [3.05, 3.63) is 24.2 Å². The lowest BCUT2D eigenvalue weighted by molar-refractivity contribution is -0.124. The molecule has 2 fully saturated rings. The highest BCUT2D eigenvalue weighted by Crippen LogP contribution is 2.51. The highest BCUT2D eigenvalue weighted by atomic mass is 16.3. The molecule has 0 unspecified atom stereocenters. The van der Waals surface area contributed by atoms with Crippen LogP contribution in [0.2, 0.25) is 0 Å². The van der Waals surface area contributed by atoms with E-state index in [2.05, 4.69) is 32.1 Å². The number of aromatic nitrogens is 2. The quantitative estimate of drug-likeness (QED) is 0.442. The first-order chi connectivity index (χ1) is 15.3. The van der Waals surface area contributed by atoms with Crippen molar-refractivity contribution >= 4 is 23.6 Å². The summed E-state index contributed by atoms with van der Waals surface area (Å²) in [5, 5.41) is 26.3. The molecule has 3 aliphatic rings. The Morgan fingerprint density at radius 1 is 1.47 bits per heavy atom. The molecule has 1 aliphatic carbocycles. The Morgan fingerprint density at radius 3 is 2.94 bits per heavy atom. The van der Waals surface area contributed by atoms with E-state index in [-0.39, 0.29) is 11.8 Å². The largest absolute Gasteiger partial charge is 0.387 e. The minimum atomic E-state index is -0.909. The fraction of sp³-hybridized carbons (Fsp3) is 0.571. The number of nitriles is 1. The lowest BCUT2D eigenvalue weighted by atomic mass is 9.83. The minimum absolute atomic E-state index is 0.160. The molecule has 2 aliphatic heterocycles. The second kappa shape index (κ2) is 8.37. The molecular formula is C21H28N8O3. The van der Waals surface area contributed by atoms with Crippen molar-refractivity contribution < 1.29 is 14.7 Å². The van der Waals surface area contributed by atoms with Crippen LogP contribution in [-0.4, -0.2) is 63.7 Å². The van der Waals surface area contributed by atoms with Crippen LogP contribution in [0.15, 0.2) is 24.2 Å². The van der Waals surface area contributed by atoms with Gasteiger partial charge >= 0.3 is 0 Å². The van der Waals surface area contributed by atoms with E-state index < -0.39 is 23.5 Å². The van der Waals surface area contributed by atoms with E-state index in [1.54, 1.807) is 17.2 Å². The van der Waals surface area contributed by atoms with Crippen LogP contribution in [0, 0.1) is 22.7 Å². The molecule has 0 bridgehead atoms. The van der Waals surface area contributed by atoms with Crippen molar-refractivity contribution in [3.63, 3.8) is 0 Å². The Balaban J connectivity index is 1.43. The van der Waals surface area contributed by atoms with E-state index in [1.165, 1.54) is 0 Å². The Morgan fingerprint density at radius 2 is 2.25 bits per heavy atom. The monoisotopic (exact) mass is 440 g/mol. The first-order valence-electron chi connectivity index (χ1n) is 10.7. The zero-order valence-corrected chi connectivity index (χ0v) is 18.3. The highest BCUT2D eigenvalue weighted by Gasteiger charge is 2.57. The molecule has 2 amide bonds. The van der Waals surface area contributed by atoms with Crippen molar-refractivity contribution in [1.82, 2.24) is 25.7 Å². The van der Waals surface area contributed by atoms with Gasteiger partial charge in [0, 0.05) is 25.5 Å². The number of aliphatic hydroxyl groups excluding tert-OH is 1. The average Bonchev–Trinajstić information content (AvgIpc) is 3.44. The van der Waals surface area contributed by atoms with Crippen LogP contribution in [-0.2, 0) is 9.59 Å². The van der Waals surface area contributed by atoms with Crippen molar-refractivity contribution in [1.29, 1.82) is 5.26 Å². The van der Waals surface area contributed by atoms with Crippen molar-refractivity contribution in [3.8, 4) is 6.07 Å². The van der Waals surface area contributed by atoms with Gasteiger partial charge in [-0.2, -0.15) is 10.2 Å². The topological polar surface area (TPSA) is 147 Å². The maximum absolute atomic E-state index is 13.0. The van der Waals surface area contributed by atoms with Gasteiger partial charge in [-0.05, 0) is 45.1 Å². The number of nitrogens with one attached hydrogen (secondary N) is 3. The van der Waals surface area contributed by atoms with Crippen molar-refractivity contribution in [2.75, 3.05) is 36.5 Å². The van der Waals surface area contributed by atoms with Crippen LogP contribution < -0.4 is 21.0 Å². The molecule has 0 aromatic carbocycles. The summed E-state index contributed by atoms with van der Waals surface area (Å²) in [4.78, 5) is 34.7. The molecule has 1 saturated heterocycles. The normalized spacial score (nSPS) is 23.2.